The van der Waals surface area contributed by atoms with Crippen molar-refractivity contribution in [1.29, 1.82) is 0 Å². The number of nitrogens with zero attached hydrogens (tertiary/aromatic N) is 3. The summed E-state index contributed by atoms with van der Waals surface area (Å²) in [6.45, 7) is 2.21. The first-order valence-corrected chi connectivity index (χ1v) is 6.86. The molecule has 0 saturated heterocycles. The normalized spacial score (nSPS) is 10.8. The maximum atomic E-state index is 12.2. The highest BCUT2D eigenvalue weighted by molar-refractivity contribution is 5.93. The lowest BCUT2D eigenvalue weighted by Gasteiger charge is -2.11. The molecule has 3 aromatic rings. The molecule has 0 atom stereocenters. The number of rotatable bonds is 3. The number of aromatic nitrogens is 2. The molecule has 0 N–H and O–H groups in total. The van der Waals surface area contributed by atoms with Crippen molar-refractivity contribution in [3.05, 3.63) is 69.1 Å². The van der Waals surface area contributed by atoms with E-state index in [2.05, 4.69) is 4.98 Å². The summed E-state index contributed by atoms with van der Waals surface area (Å²) < 4.78 is 1.44. The van der Waals surface area contributed by atoms with E-state index in [0.29, 0.717) is 17.8 Å². The monoisotopic (exact) mass is 295 g/mol. The number of fused-ring (bicyclic) bond motifs is 1. The smallest absolute Gasteiger partial charge is 0.292 e. The highest BCUT2D eigenvalue weighted by Crippen LogP contribution is 2.27. The third-order valence-corrected chi connectivity index (χ3v) is 3.54. The second kappa shape index (κ2) is 5.40. The molecule has 0 unspecified atom stereocenters. The molecule has 6 nitrogen and oxygen atoms in total. The van der Waals surface area contributed by atoms with E-state index >= 15 is 0 Å². The predicted octanol–water partition coefficient (Wildman–Crippen LogP) is 2.99. The average molecular weight is 295 g/mol. The van der Waals surface area contributed by atoms with Gasteiger partial charge in [0.2, 0.25) is 0 Å². The van der Waals surface area contributed by atoms with Gasteiger partial charge < -0.3 is 0 Å². The topological polar surface area (TPSA) is 78.0 Å². The third-order valence-electron chi connectivity index (χ3n) is 3.54. The van der Waals surface area contributed by atoms with Crippen LogP contribution in [0, 0.1) is 10.1 Å². The molecule has 110 valence electrons. The molecule has 2 aromatic carbocycles. The molecule has 0 radical (unpaired) electrons. The van der Waals surface area contributed by atoms with E-state index < -0.39 is 10.6 Å². The van der Waals surface area contributed by atoms with Crippen LogP contribution in [0.2, 0.25) is 0 Å². The van der Waals surface area contributed by atoms with Gasteiger partial charge in [0.05, 0.1) is 16.1 Å². The Morgan fingerprint density at radius 3 is 2.55 bits per heavy atom. The lowest BCUT2D eigenvalue weighted by Crippen LogP contribution is -2.23. The van der Waals surface area contributed by atoms with Crippen molar-refractivity contribution in [2.75, 3.05) is 0 Å². The first kappa shape index (κ1) is 13.9. The second-order valence-corrected chi connectivity index (χ2v) is 4.81. The van der Waals surface area contributed by atoms with Crippen LogP contribution >= 0.6 is 0 Å². The van der Waals surface area contributed by atoms with Gasteiger partial charge in [-0.05, 0) is 13.0 Å². The minimum absolute atomic E-state index is 0.0423. The number of non-ortho nitro benzene ring substituents is 1. The van der Waals surface area contributed by atoms with Crippen molar-refractivity contribution in [3.63, 3.8) is 0 Å². The lowest BCUT2D eigenvalue weighted by molar-refractivity contribution is -0.384. The Bertz CT molecular complexity index is 917. The van der Waals surface area contributed by atoms with Crippen LogP contribution in [0.15, 0.2) is 53.3 Å². The fourth-order valence-corrected chi connectivity index (χ4v) is 2.50. The number of hydrogen-bond donors (Lipinski definition) is 0. The zero-order chi connectivity index (χ0) is 15.7. The molecule has 0 amide bonds. The second-order valence-electron chi connectivity index (χ2n) is 4.81. The molecule has 0 aliphatic carbocycles. The molecule has 0 saturated carbocycles. The van der Waals surface area contributed by atoms with E-state index in [1.165, 1.54) is 16.7 Å². The first-order chi connectivity index (χ1) is 10.6. The molecule has 1 heterocycles. The minimum atomic E-state index is -0.466. The van der Waals surface area contributed by atoms with E-state index in [1.54, 1.807) is 6.07 Å². The van der Waals surface area contributed by atoms with Gasteiger partial charge in [-0.15, -0.1) is 0 Å². The van der Waals surface area contributed by atoms with Gasteiger partial charge in [-0.2, -0.15) is 4.98 Å². The maximum absolute atomic E-state index is 12.2. The molecule has 22 heavy (non-hydrogen) atoms. The van der Waals surface area contributed by atoms with E-state index in [1.807, 2.05) is 37.3 Å². The number of nitro groups is 1. The van der Waals surface area contributed by atoms with Crippen LogP contribution in [-0.2, 0) is 6.54 Å². The van der Waals surface area contributed by atoms with Crippen LogP contribution in [0.4, 0.5) is 5.69 Å². The van der Waals surface area contributed by atoms with Crippen LogP contribution in [0.1, 0.15) is 6.92 Å². The Morgan fingerprint density at radius 2 is 1.91 bits per heavy atom. The van der Waals surface area contributed by atoms with Gasteiger partial charge in [-0.25, -0.2) is 4.79 Å². The summed E-state index contributed by atoms with van der Waals surface area (Å²) in [5.41, 5.74) is 1.42. The SMILES string of the molecule is CCn1c(=O)nc(-c2ccccc2)c2ccc([N+](=O)[O-])cc21. The molecule has 0 fully saturated rings. The van der Waals surface area contributed by atoms with E-state index in [9.17, 15) is 14.9 Å². The maximum Gasteiger partial charge on any atom is 0.348 e. The Morgan fingerprint density at radius 1 is 1.18 bits per heavy atom. The highest BCUT2D eigenvalue weighted by atomic mass is 16.6. The van der Waals surface area contributed by atoms with Crippen molar-refractivity contribution < 1.29 is 4.92 Å². The molecule has 0 bridgehead atoms. The molecule has 0 spiro atoms. The van der Waals surface area contributed by atoms with Crippen LogP contribution in [-0.4, -0.2) is 14.5 Å². The lowest BCUT2D eigenvalue weighted by atomic mass is 10.1. The molecule has 0 aliphatic rings. The molecule has 3 rings (SSSR count). The Hall–Kier alpha value is -3.02. The summed E-state index contributed by atoms with van der Waals surface area (Å²) in [5, 5.41) is 11.7. The number of hydrogen-bond acceptors (Lipinski definition) is 4. The zero-order valence-corrected chi connectivity index (χ0v) is 11.9. The van der Waals surface area contributed by atoms with Gasteiger partial charge in [0, 0.05) is 29.6 Å². The number of nitro benzene ring substituents is 1. The summed E-state index contributed by atoms with van der Waals surface area (Å²) in [7, 11) is 0. The van der Waals surface area contributed by atoms with E-state index in [4.69, 9.17) is 0 Å². The number of benzene rings is 2. The average Bonchev–Trinajstić information content (AvgIpc) is 2.54. The summed E-state index contributed by atoms with van der Waals surface area (Å²) in [6.07, 6.45) is 0. The van der Waals surface area contributed by atoms with Gasteiger partial charge >= 0.3 is 5.69 Å². The van der Waals surface area contributed by atoms with Crippen LogP contribution in [0.3, 0.4) is 0 Å². The van der Waals surface area contributed by atoms with Gasteiger partial charge in [-0.1, -0.05) is 30.3 Å². The fourth-order valence-electron chi connectivity index (χ4n) is 2.50. The van der Waals surface area contributed by atoms with Crippen LogP contribution < -0.4 is 5.69 Å². The van der Waals surface area contributed by atoms with Crippen molar-refractivity contribution in [1.82, 2.24) is 9.55 Å². The summed E-state index contributed by atoms with van der Waals surface area (Å²) in [6, 6.07) is 13.8. The highest BCUT2D eigenvalue weighted by Gasteiger charge is 2.15. The standard InChI is InChI=1S/C16H13N3O3/c1-2-18-14-10-12(19(21)22)8-9-13(14)15(17-16(18)20)11-6-4-3-5-7-11/h3-10H,2H2,1H3. The van der Waals surface area contributed by atoms with Crippen molar-refractivity contribution in [3.8, 4) is 11.3 Å². The largest absolute Gasteiger partial charge is 0.348 e. The van der Waals surface area contributed by atoms with Crippen molar-refractivity contribution in [2.45, 2.75) is 13.5 Å². The van der Waals surface area contributed by atoms with Crippen LogP contribution in [0.5, 0.6) is 0 Å². The Balaban J connectivity index is 2.41. The molecule has 6 heteroatoms. The zero-order valence-electron chi connectivity index (χ0n) is 11.9. The summed E-state index contributed by atoms with van der Waals surface area (Å²) in [5.74, 6) is 0. The quantitative estimate of drug-likeness (QED) is 0.549. The summed E-state index contributed by atoms with van der Waals surface area (Å²) in [4.78, 5) is 26.9. The van der Waals surface area contributed by atoms with Gasteiger partial charge in [0.15, 0.2) is 0 Å². The molecule has 1 aromatic heterocycles. The Kier molecular flexibility index (Phi) is 3.42. The molecule has 0 aliphatic heterocycles. The first-order valence-electron chi connectivity index (χ1n) is 6.86. The molecular weight excluding hydrogens is 282 g/mol. The molecular formula is C16H13N3O3. The number of aryl methyl sites for hydroxylation is 1. The fraction of sp³-hybridized carbons (Fsp3) is 0.125. The predicted molar refractivity (Wildman–Crippen MR) is 83.8 cm³/mol. The van der Waals surface area contributed by atoms with Crippen molar-refractivity contribution in [2.24, 2.45) is 0 Å². The van der Waals surface area contributed by atoms with Crippen molar-refractivity contribution >= 4 is 16.6 Å². The van der Waals surface area contributed by atoms with Crippen LogP contribution in [0.25, 0.3) is 22.2 Å². The summed E-state index contributed by atoms with van der Waals surface area (Å²) >= 11 is 0. The van der Waals surface area contributed by atoms with E-state index in [-0.39, 0.29) is 5.69 Å². The third kappa shape index (κ3) is 2.24. The Labute approximate surface area is 125 Å². The van der Waals surface area contributed by atoms with Gasteiger partial charge in [0.1, 0.15) is 0 Å². The van der Waals surface area contributed by atoms with E-state index in [0.717, 1.165) is 10.9 Å². The minimum Gasteiger partial charge on any atom is -0.292 e. The van der Waals surface area contributed by atoms with Gasteiger partial charge in [-0.3, -0.25) is 14.7 Å². The van der Waals surface area contributed by atoms with Gasteiger partial charge in [0.25, 0.3) is 5.69 Å².